The molecule has 1 aromatic carbocycles. The maximum Gasteiger partial charge on any atom is 0.397 e. The van der Waals surface area contributed by atoms with Gasteiger partial charge in [-0.1, -0.05) is 22.9 Å². The van der Waals surface area contributed by atoms with E-state index in [-0.39, 0.29) is 23.4 Å². The van der Waals surface area contributed by atoms with E-state index < -0.39 is 10.4 Å². The monoisotopic (exact) mass is 418 g/mol. The molecule has 0 aliphatic heterocycles. The number of aldehydes is 1. The van der Waals surface area contributed by atoms with Crippen LogP contribution in [-0.4, -0.2) is 43.9 Å². The second kappa shape index (κ2) is 9.14. The van der Waals surface area contributed by atoms with Crippen LogP contribution in [0.25, 0.3) is 0 Å². The van der Waals surface area contributed by atoms with Crippen LogP contribution in [0.2, 0.25) is 5.15 Å². The van der Waals surface area contributed by atoms with Gasteiger partial charge in [0.05, 0.1) is 12.3 Å². The molecule has 0 aliphatic rings. The molecule has 0 radical (unpaired) electrons. The quantitative estimate of drug-likeness (QED) is 0.374. The van der Waals surface area contributed by atoms with E-state index in [1.54, 1.807) is 24.3 Å². The van der Waals surface area contributed by atoms with Crippen molar-refractivity contribution >= 4 is 56.1 Å². The smallest absolute Gasteiger partial charge is 0.369 e. The number of thiazole rings is 1. The molecule has 1 aromatic heterocycles. The minimum atomic E-state index is -4.44. The Kier molecular flexibility index (Phi) is 7.17. The lowest BCUT2D eigenvalue weighted by Crippen LogP contribution is -2.27. The Bertz CT molecular complexity index is 883. The summed E-state index contributed by atoms with van der Waals surface area (Å²) in [5.41, 5.74) is 1.39. The molecule has 2 rings (SSSR count). The Balaban J connectivity index is 2.01. The maximum absolute atomic E-state index is 10.7. The number of benzene rings is 1. The van der Waals surface area contributed by atoms with Gasteiger partial charge in [-0.3, -0.25) is 9.35 Å². The summed E-state index contributed by atoms with van der Waals surface area (Å²) in [6, 6.07) is 7.02. The molecule has 9 nitrogen and oxygen atoms in total. The molecule has 2 aromatic rings. The van der Waals surface area contributed by atoms with Gasteiger partial charge in [-0.2, -0.15) is 8.42 Å². The SMILES string of the molecule is CCN(CCOS(=O)(=O)O)c1ccc(/N=N/c2nc(Cl)c(C=O)s2)cc1. The number of aromatic nitrogens is 1. The van der Waals surface area contributed by atoms with Gasteiger partial charge in [0, 0.05) is 18.8 Å². The molecule has 26 heavy (non-hydrogen) atoms. The van der Waals surface area contributed by atoms with Crippen LogP contribution in [0.15, 0.2) is 34.5 Å². The number of carbonyl (C=O) groups excluding carboxylic acids is 1. The fraction of sp³-hybridized carbons (Fsp3) is 0.286. The lowest BCUT2D eigenvalue weighted by molar-refractivity contribution is 0.112. The van der Waals surface area contributed by atoms with Crippen LogP contribution >= 0.6 is 22.9 Å². The van der Waals surface area contributed by atoms with Crippen molar-refractivity contribution in [2.45, 2.75) is 6.92 Å². The van der Waals surface area contributed by atoms with Crippen molar-refractivity contribution in [3.63, 3.8) is 0 Å². The van der Waals surface area contributed by atoms with Gasteiger partial charge in [-0.05, 0) is 31.2 Å². The van der Waals surface area contributed by atoms with E-state index in [0.29, 0.717) is 23.4 Å². The zero-order valence-electron chi connectivity index (χ0n) is 13.6. The summed E-state index contributed by atoms with van der Waals surface area (Å²) in [5.74, 6) is 0. The molecule has 0 atom stereocenters. The van der Waals surface area contributed by atoms with Gasteiger partial charge < -0.3 is 4.90 Å². The second-order valence-electron chi connectivity index (χ2n) is 4.82. The first kappa shape index (κ1) is 20.4. The highest BCUT2D eigenvalue weighted by molar-refractivity contribution is 7.80. The van der Waals surface area contributed by atoms with E-state index in [9.17, 15) is 13.2 Å². The third-order valence-corrected chi connectivity index (χ3v) is 4.88. The minimum absolute atomic E-state index is 0.0972. The highest BCUT2D eigenvalue weighted by Crippen LogP contribution is 2.29. The molecular weight excluding hydrogens is 404 g/mol. The molecule has 0 aliphatic carbocycles. The standard InChI is InChI=1S/C14H15ClN4O5S2/c1-2-19(7-8-24-26(21,22)23)11-5-3-10(4-6-11)17-18-14-16-13(15)12(9-20)25-14/h3-6,9H,2,7-8H2,1H3,(H,21,22,23)/b18-17+. The lowest BCUT2D eigenvalue weighted by atomic mass is 10.2. The summed E-state index contributed by atoms with van der Waals surface area (Å²) < 4.78 is 34.0. The average molecular weight is 419 g/mol. The summed E-state index contributed by atoms with van der Waals surface area (Å²) in [6.07, 6.45) is 0.610. The van der Waals surface area contributed by atoms with Crippen molar-refractivity contribution in [1.29, 1.82) is 0 Å². The van der Waals surface area contributed by atoms with E-state index >= 15 is 0 Å². The van der Waals surface area contributed by atoms with Gasteiger partial charge >= 0.3 is 10.4 Å². The fourth-order valence-electron chi connectivity index (χ4n) is 1.97. The maximum atomic E-state index is 10.7. The highest BCUT2D eigenvalue weighted by atomic mass is 35.5. The Morgan fingerprint density at radius 3 is 2.58 bits per heavy atom. The van der Waals surface area contributed by atoms with Crippen molar-refractivity contribution in [1.82, 2.24) is 4.98 Å². The number of likely N-dealkylation sites (N-methyl/N-ethyl adjacent to an activating group) is 1. The van der Waals surface area contributed by atoms with E-state index in [1.165, 1.54) is 0 Å². The summed E-state index contributed by atoms with van der Waals surface area (Å²) in [5, 5.41) is 8.34. The van der Waals surface area contributed by atoms with E-state index in [0.717, 1.165) is 17.0 Å². The number of hydrogen-bond acceptors (Lipinski definition) is 9. The molecule has 0 saturated carbocycles. The fourth-order valence-corrected chi connectivity index (χ4v) is 3.14. The van der Waals surface area contributed by atoms with Crippen molar-refractivity contribution in [2.24, 2.45) is 10.2 Å². The second-order valence-corrected chi connectivity index (χ2v) is 7.27. The summed E-state index contributed by atoms with van der Waals surface area (Å²) in [4.78, 5) is 16.8. The predicted molar refractivity (Wildman–Crippen MR) is 98.5 cm³/mol. The number of anilines is 1. The third-order valence-electron chi connectivity index (χ3n) is 3.15. The molecular formula is C14H15ClN4O5S2. The van der Waals surface area contributed by atoms with Crippen molar-refractivity contribution in [3.05, 3.63) is 34.3 Å². The zero-order valence-corrected chi connectivity index (χ0v) is 16.0. The number of azo groups is 1. The number of nitrogens with zero attached hydrogens (tertiary/aromatic N) is 4. The van der Waals surface area contributed by atoms with Crippen LogP contribution in [0, 0.1) is 0 Å². The minimum Gasteiger partial charge on any atom is -0.369 e. The molecule has 1 heterocycles. The Morgan fingerprint density at radius 2 is 2.04 bits per heavy atom. The van der Waals surface area contributed by atoms with Crippen LogP contribution in [0.1, 0.15) is 16.6 Å². The lowest BCUT2D eigenvalue weighted by Gasteiger charge is -2.22. The van der Waals surface area contributed by atoms with E-state index in [2.05, 4.69) is 19.4 Å². The molecule has 0 unspecified atom stereocenters. The van der Waals surface area contributed by atoms with Crippen molar-refractivity contribution in [3.8, 4) is 0 Å². The molecule has 0 bridgehead atoms. The Labute approximate surface area is 159 Å². The third kappa shape index (κ3) is 6.11. The van der Waals surface area contributed by atoms with Gasteiger partial charge in [-0.15, -0.1) is 10.2 Å². The predicted octanol–water partition coefficient (Wildman–Crippen LogP) is 3.67. The summed E-state index contributed by atoms with van der Waals surface area (Å²) in [6.45, 7) is 2.63. The first-order chi connectivity index (χ1) is 12.3. The molecule has 1 N–H and O–H groups in total. The topological polar surface area (TPSA) is 122 Å². The van der Waals surface area contributed by atoms with Crippen LogP contribution in [-0.2, 0) is 14.6 Å². The average Bonchev–Trinajstić information content (AvgIpc) is 2.96. The number of hydrogen-bond donors (Lipinski definition) is 1. The van der Waals surface area contributed by atoms with Crippen LogP contribution in [0.4, 0.5) is 16.5 Å². The first-order valence-corrected chi connectivity index (χ1v) is 9.88. The normalized spacial score (nSPS) is 11.8. The number of carbonyl (C=O) groups is 1. The molecule has 12 heteroatoms. The molecule has 0 fully saturated rings. The van der Waals surface area contributed by atoms with E-state index in [4.69, 9.17) is 16.2 Å². The summed E-state index contributed by atoms with van der Waals surface area (Å²) >= 11 is 6.80. The first-order valence-electron chi connectivity index (χ1n) is 7.32. The number of rotatable bonds is 9. The van der Waals surface area contributed by atoms with Crippen LogP contribution < -0.4 is 4.90 Å². The Morgan fingerprint density at radius 1 is 1.35 bits per heavy atom. The largest absolute Gasteiger partial charge is 0.397 e. The number of halogens is 1. The van der Waals surface area contributed by atoms with Crippen molar-refractivity contribution < 1.29 is 21.9 Å². The van der Waals surface area contributed by atoms with Crippen molar-refractivity contribution in [2.75, 3.05) is 24.6 Å². The van der Waals surface area contributed by atoms with Gasteiger partial charge in [0.15, 0.2) is 11.4 Å². The van der Waals surface area contributed by atoms with Gasteiger partial charge in [0.2, 0.25) is 5.13 Å². The van der Waals surface area contributed by atoms with Gasteiger partial charge in [0.25, 0.3) is 0 Å². The van der Waals surface area contributed by atoms with Gasteiger partial charge in [-0.25, -0.2) is 9.17 Å². The summed E-state index contributed by atoms with van der Waals surface area (Å²) in [7, 11) is -4.44. The van der Waals surface area contributed by atoms with Gasteiger partial charge in [0.1, 0.15) is 4.88 Å². The van der Waals surface area contributed by atoms with E-state index in [1.807, 2.05) is 11.8 Å². The zero-order chi connectivity index (χ0) is 19.2. The molecule has 0 saturated heterocycles. The Hall–Kier alpha value is -1.92. The molecule has 0 spiro atoms. The van der Waals surface area contributed by atoms with Crippen LogP contribution in [0.3, 0.4) is 0 Å². The molecule has 0 amide bonds. The van der Waals surface area contributed by atoms with Crippen LogP contribution in [0.5, 0.6) is 0 Å². The highest BCUT2D eigenvalue weighted by Gasteiger charge is 2.09. The molecule has 140 valence electrons.